The maximum Gasteiger partial charge on any atom is 0.224 e. The highest BCUT2D eigenvalue weighted by Gasteiger charge is 2.22. The molecule has 4 heteroatoms. The molecule has 1 aromatic rings. The third kappa shape index (κ3) is 3.47. The normalized spacial score (nSPS) is 21.3. The summed E-state index contributed by atoms with van der Waals surface area (Å²) in [5, 5.41) is 7.04. The number of rotatable bonds is 3. The Hall–Kier alpha value is -1.06. The minimum atomic E-state index is 0.0247. The summed E-state index contributed by atoms with van der Waals surface area (Å²) in [6.07, 6.45) is 2.06. The number of amides is 1. The summed E-state index contributed by atoms with van der Waals surface area (Å²) in [7, 11) is 0. The molecule has 2 rings (SSSR count). The maximum absolute atomic E-state index is 12.1. The fourth-order valence-electron chi connectivity index (χ4n) is 2.24. The first-order valence-corrected chi connectivity index (χ1v) is 6.81. The number of carbonyl (C=O) groups excluding carboxylic acids is 1. The predicted molar refractivity (Wildman–Crippen MR) is 73.6 cm³/mol. The van der Waals surface area contributed by atoms with Crippen molar-refractivity contribution in [2.75, 3.05) is 13.1 Å². The Morgan fingerprint density at radius 1 is 1.44 bits per heavy atom. The standard InChI is InChI=1S/C14H19ClN2O/c1-10(11-4-6-13(15)7-5-11)17-14(18)12-3-2-8-16-9-12/h4-7,10,12,16H,2-3,8-9H2,1H3,(H,17,18)/t10-,12+/m1/s1. The number of hydrogen-bond acceptors (Lipinski definition) is 2. The number of nitrogens with one attached hydrogen (secondary N) is 2. The second kappa shape index (κ2) is 6.21. The van der Waals surface area contributed by atoms with Crippen LogP contribution in [0.1, 0.15) is 31.4 Å². The van der Waals surface area contributed by atoms with Gasteiger partial charge in [0.25, 0.3) is 0 Å². The first kappa shape index (κ1) is 13.4. The molecule has 3 nitrogen and oxygen atoms in total. The van der Waals surface area contributed by atoms with Crippen LogP contribution in [0.3, 0.4) is 0 Å². The molecule has 1 heterocycles. The molecular formula is C14H19ClN2O. The van der Waals surface area contributed by atoms with E-state index >= 15 is 0 Å². The zero-order valence-corrected chi connectivity index (χ0v) is 11.3. The van der Waals surface area contributed by atoms with E-state index in [2.05, 4.69) is 10.6 Å². The molecule has 1 aromatic carbocycles. The smallest absolute Gasteiger partial charge is 0.224 e. The summed E-state index contributed by atoms with van der Waals surface area (Å²) >= 11 is 5.85. The molecule has 98 valence electrons. The van der Waals surface area contributed by atoms with Gasteiger partial charge in [-0.05, 0) is 44.0 Å². The lowest BCUT2D eigenvalue weighted by Crippen LogP contribution is -2.41. The van der Waals surface area contributed by atoms with Crippen LogP contribution in [0.4, 0.5) is 0 Å². The first-order valence-electron chi connectivity index (χ1n) is 6.43. The van der Waals surface area contributed by atoms with Crippen LogP contribution in [0.2, 0.25) is 5.02 Å². The molecule has 2 atom stereocenters. The zero-order chi connectivity index (χ0) is 13.0. The summed E-state index contributed by atoms with van der Waals surface area (Å²) in [5.74, 6) is 0.248. The molecule has 1 fully saturated rings. The Morgan fingerprint density at radius 3 is 2.78 bits per heavy atom. The Kier molecular flexibility index (Phi) is 4.61. The van der Waals surface area contributed by atoms with Gasteiger partial charge in [-0.25, -0.2) is 0 Å². The van der Waals surface area contributed by atoms with E-state index in [9.17, 15) is 4.79 Å². The van der Waals surface area contributed by atoms with Crippen molar-refractivity contribution in [3.05, 3.63) is 34.9 Å². The van der Waals surface area contributed by atoms with Crippen LogP contribution in [0, 0.1) is 5.92 Å². The van der Waals surface area contributed by atoms with Crippen molar-refractivity contribution in [1.82, 2.24) is 10.6 Å². The second-order valence-electron chi connectivity index (χ2n) is 4.83. The van der Waals surface area contributed by atoms with Crippen LogP contribution in [0.25, 0.3) is 0 Å². The predicted octanol–water partition coefficient (Wildman–Crippen LogP) is 2.52. The molecule has 0 aliphatic carbocycles. The van der Waals surface area contributed by atoms with Gasteiger partial charge in [0.1, 0.15) is 0 Å². The van der Waals surface area contributed by atoms with Crippen LogP contribution in [-0.2, 0) is 4.79 Å². The van der Waals surface area contributed by atoms with Crippen molar-refractivity contribution in [1.29, 1.82) is 0 Å². The molecule has 0 aromatic heterocycles. The summed E-state index contributed by atoms with van der Waals surface area (Å²) in [6, 6.07) is 7.62. The molecule has 2 N–H and O–H groups in total. The maximum atomic E-state index is 12.1. The van der Waals surface area contributed by atoms with E-state index in [1.165, 1.54) is 0 Å². The van der Waals surface area contributed by atoms with E-state index < -0.39 is 0 Å². The van der Waals surface area contributed by atoms with Gasteiger partial charge in [-0.15, -0.1) is 0 Å². The third-order valence-electron chi connectivity index (χ3n) is 3.40. The van der Waals surface area contributed by atoms with E-state index in [4.69, 9.17) is 11.6 Å². The number of halogens is 1. The lowest BCUT2D eigenvalue weighted by atomic mass is 9.98. The van der Waals surface area contributed by atoms with Crippen molar-refractivity contribution < 1.29 is 4.79 Å². The van der Waals surface area contributed by atoms with Gasteiger partial charge in [-0.2, -0.15) is 0 Å². The average molecular weight is 267 g/mol. The van der Waals surface area contributed by atoms with Crippen molar-refractivity contribution >= 4 is 17.5 Å². The summed E-state index contributed by atoms with van der Waals surface area (Å²) in [4.78, 5) is 12.1. The topological polar surface area (TPSA) is 41.1 Å². The van der Waals surface area contributed by atoms with Crippen LogP contribution in [-0.4, -0.2) is 19.0 Å². The molecule has 0 radical (unpaired) electrons. The molecule has 0 unspecified atom stereocenters. The van der Waals surface area contributed by atoms with E-state index in [1.807, 2.05) is 31.2 Å². The number of benzene rings is 1. The number of carbonyl (C=O) groups is 1. The fraction of sp³-hybridized carbons (Fsp3) is 0.500. The van der Waals surface area contributed by atoms with Crippen LogP contribution < -0.4 is 10.6 Å². The van der Waals surface area contributed by atoms with Crippen molar-refractivity contribution in [2.45, 2.75) is 25.8 Å². The van der Waals surface area contributed by atoms with E-state index in [0.717, 1.165) is 31.5 Å². The van der Waals surface area contributed by atoms with Crippen LogP contribution in [0.5, 0.6) is 0 Å². The highest BCUT2D eigenvalue weighted by molar-refractivity contribution is 6.30. The van der Waals surface area contributed by atoms with Crippen molar-refractivity contribution in [3.8, 4) is 0 Å². The largest absolute Gasteiger partial charge is 0.349 e. The number of piperidine rings is 1. The van der Waals surface area contributed by atoms with Gasteiger partial charge < -0.3 is 10.6 Å². The summed E-state index contributed by atoms with van der Waals surface area (Å²) in [5.41, 5.74) is 1.08. The summed E-state index contributed by atoms with van der Waals surface area (Å²) in [6.45, 7) is 3.81. The highest BCUT2D eigenvalue weighted by atomic mass is 35.5. The Morgan fingerprint density at radius 2 is 2.17 bits per heavy atom. The molecular weight excluding hydrogens is 248 g/mol. The minimum absolute atomic E-state index is 0.0247. The zero-order valence-electron chi connectivity index (χ0n) is 10.6. The highest BCUT2D eigenvalue weighted by Crippen LogP contribution is 2.17. The fourth-order valence-corrected chi connectivity index (χ4v) is 2.37. The Balaban J connectivity index is 1.91. The SMILES string of the molecule is C[C@@H](NC(=O)[C@H]1CCCNC1)c1ccc(Cl)cc1. The van der Waals surface area contributed by atoms with Crippen LogP contribution >= 0.6 is 11.6 Å². The molecule has 1 amide bonds. The van der Waals surface area contributed by atoms with Gasteiger partial charge in [0, 0.05) is 11.6 Å². The van der Waals surface area contributed by atoms with Gasteiger partial charge in [-0.3, -0.25) is 4.79 Å². The van der Waals surface area contributed by atoms with Gasteiger partial charge in [0.2, 0.25) is 5.91 Å². The first-order chi connectivity index (χ1) is 8.66. The molecule has 1 saturated heterocycles. The lowest BCUT2D eigenvalue weighted by molar-refractivity contribution is -0.126. The Labute approximate surface area is 113 Å². The monoisotopic (exact) mass is 266 g/mol. The quantitative estimate of drug-likeness (QED) is 0.883. The molecule has 1 aliphatic rings. The second-order valence-corrected chi connectivity index (χ2v) is 5.26. The molecule has 18 heavy (non-hydrogen) atoms. The van der Waals surface area contributed by atoms with Gasteiger partial charge in [0.15, 0.2) is 0 Å². The summed E-state index contributed by atoms with van der Waals surface area (Å²) < 4.78 is 0. The van der Waals surface area contributed by atoms with Crippen molar-refractivity contribution in [3.63, 3.8) is 0 Å². The molecule has 0 spiro atoms. The minimum Gasteiger partial charge on any atom is -0.349 e. The van der Waals surface area contributed by atoms with E-state index in [-0.39, 0.29) is 17.9 Å². The van der Waals surface area contributed by atoms with Crippen LogP contribution in [0.15, 0.2) is 24.3 Å². The van der Waals surface area contributed by atoms with Gasteiger partial charge in [0.05, 0.1) is 12.0 Å². The Bertz CT molecular complexity index is 399. The lowest BCUT2D eigenvalue weighted by Gasteiger charge is -2.24. The van der Waals surface area contributed by atoms with E-state index in [0.29, 0.717) is 5.02 Å². The van der Waals surface area contributed by atoms with Gasteiger partial charge >= 0.3 is 0 Å². The average Bonchev–Trinajstić information content (AvgIpc) is 2.40. The third-order valence-corrected chi connectivity index (χ3v) is 3.65. The van der Waals surface area contributed by atoms with Gasteiger partial charge in [-0.1, -0.05) is 23.7 Å². The van der Waals surface area contributed by atoms with Crippen molar-refractivity contribution in [2.24, 2.45) is 5.92 Å². The molecule has 0 bridgehead atoms. The molecule has 1 aliphatic heterocycles. The van der Waals surface area contributed by atoms with E-state index in [1.54, 1.807) is 0 Å². The molecule has 0 saturated carbocycles. The number of hydrogen-bond donors (Lipinski definition) is 2.